The molecule has 27 heavy (non-hydrogen) atoms. The van der Waals surface area contributed by atoms with Crippen LogP contribution in [0.25, 0.3) is 0 Å². The smallest absolute Gasteiger partial charge is 0.341 e. The minimum Gasteiger partial charge on any atom is -0.462 e. The van der Waals surface area contributed by atoms with Crippen LogP contribution >= 0.6 is 11.3 Å². The van der Waals surface area contributed by atoms with E-state index in [9.17, 15) is 9.59 Å². The lowest BCUT2D eigenvalue weighted by Crippen LogP contribution is -2.28. The third-order valence-corrected chi connectivity index (χ3v) is 6.05. The van der Waals surface area contributed by atoms with Crippen molar-refractivity contribution in [1.82, 2.24) is 15.1 Å². The van der Waals surface area contributed by atoms with E-state index in [1.807, 2.05) is 33.3 Å². The van der Waals surface area contributed by atoms with Gasteiger partial charge in [0.2, 0.25) is 5.91 Å². The van der Waals surface area contributed by atoms with Crippen molar-refractivity contribution in [2.24, 2.45) is 13.0 Å². The first-order valence-corrected chi connectivity index (χ1v) is 10.1. The number of rotatable bonds is 6. The number of anilines is 1. The fourth-order valence-corrected chi connectivity index (χ4v) is 4.79. The van der Waals surface area contributed by atoms with Gasteiger partial charge < -0.3 is 15.4 Å². The van der Waals surface area contributed by atoms with E-state index in [0.717, 1.165) is 29.0 Å². The van der Waals surface area contributed by atoms with Gasteiger partial charge in [0.25, 0.3) is 0 Å². The minimum atomic E-state index is -0.373. The Morgan fingerprint density at radius 3 is 2.81 bits per heavy atom. The Morgan fingerprint density at radius 1 is 1.41 bits per heavy atom. The lowest BCUT2D eigenvalue weighted by atomic mass is 9.90. The second-order valence-electron chi connectivity index (χ2n) is 6.72. The minimum absolute atomic E-state index is 0.0662. The Bertz CT molecular complexity index is 842. The van der Waals surface area contributed by atoms with Gasteiger partial charge in [-0.3, -0.25) is 9.48 Å². The molecule has 2 aromatic rings. The van der Waals surface area contributed by atoms with Crippen LogP contribution in [0.2, 0.25) is 0 Å². The molecule has 1 saturated heterocycles. The van der Waals surface area contributed by atoms with Crippen molar-refractivity contribution < 1.29 is 14.3 Å². The standard InChI is InChI=1S/C19H26N4O3S/c1-5-13-11(3)27-18(16(13)19(25)26-6-2)22-17(24)15-9-20-8-14(15)12-7-21-23(4)10-12/h7,10,14-15,20H,5-6,8-9H2,1-4H3,(H,22,24)/t14-,15+/m1/s1. The maximum Gasteiger partial charge on any atom is 0.341 e. The molecule has 0 saturated carbocycles. The van der Waals surface area contributed by atoms with Crippen LogP contribution in [0.5, 0.6) is 0 Å². The van der Waals surface area contributed by atoms with Crippen LogP contribution in [0, 0.1) is 12.8 Å². The quantitative estimate of drug-likeness (QED) is 0.740. The van der Waals surface area contributed by atoms with E-state index in [1.54, 1.807) is 11.6 Å². The summed E-state index contributed by atoms with van der Waals surface area (Å²) in [5.74, 6) is -0.598. The number of hydrogen-bond donors (Lipinski definition) is 2. The highest BCUT2D eigenvalue weighted by atomic mass is 32.1. The summed E-state index contributed by atoms with van der Waals surface area (Å²) in [6.45, 7) is 7.40. The van der Waals surface area contributed by atoms with Gasteiger partial charge in [0.05, 0.1) is 24.3 Å². The summed E-state index contributed by atoms with van der Waals surface area (Å²) in [5.41, 5.74) is 2.49. The summed E-state index contributed by atoms with van der Waals surface area (Å²) in [6, 6.07) is 0. The highest BCUT2D eigenvalue weighted by molar-refractivity contribution is 7.16. The van der Waals surface area contributed by atoms with Gasteiger partial charge in [-0.05, 0) is 31.4 Å². The normalized spacial score (nSPS) is 19.3. The SMILES string of the molecule is CCOC(=O)c1c(NC(=O)[C@H]2CNC[C@@H]2c2cnn(C)c2)sc(C)c1CC. The third kappa shape index (κ3) is 3.91. The molecule has 0 bridgehead atoms. The first-order valence-electron chi connectivity index (χ1n) is 9.25. The van der Waals surface area contributed by atoms with Crippen LogP contribution in [0.1, 0.15) is 46.1 Å². The van der Waals surface area contributed by atoms with E-state index in [0.29, 0.717) is 23.7 Å². The molecule has 1 fully saturated rings. The molecule has 2 N–H and O–H groups in total. The van der Waals surface area contributed by atoms with E-state index in [1.165, 1.54) is 11.3 Å². The molecular weight excluding hydrogens is 364 g/mol. The Kier molecular flexibility index (Phi) is 5.96. The topological polar surface area (TPSA) is 85.2 Å². The van der Waals surface area contributed by atoms with Crippen molar-refractivity contribution in [3.63, 3.8) is 0 Å². The first kappa shape index (κ1) is 19.6. The number of amides is 1. The molecule has 0 unspecified atom stereocenters. The van der Waals surface area contributed by atoms with Gasteiger partial charge in [-0.1, -0.05) is 6.92 Å². The lowest BCUT2D eigenvalue weighted by Gasteiger charge is -2.17. The predicted octanol–water partition coefficient (Wildman–Crippen LogP) is 2.47. The van der Waals surface area contributed by atoms with E-state index in [2.05, 4.69) is 15.7 Å². The van der Waals surface area contributed by atoms with Gasteiger partial charge in [0.15, 0.2) is 0 Å². The van der Waals surface area contributed by atoms with Crippen LogP contribution in [-0.2, 0) is 23.0 Å². The molecule has 1 aliphatic heterocycles. The highest BCUT2D eigenvalue weighted by Gasteiger charge is 2.36. The zero-order chi connectivity index (χ0) is 19.6. The van der Waals surface area contributed by atoms with Gasteiger partial charge in [0, 0.05) is 37.1 Å². The Morgan fingerprint density at radius 2 is 2.19 bits per heavy atom. The average molecular weight is 391 g/mol. The van der Waals surface area contributed by atoms with E-state index < -0.39 is 0 Å². The van der Waals surface area contributed by atoms with Gasteiger partial charge in [0.1, 0.15) is 5.00 Å². The zero-order valence-corrected chi connectivity index (χ0v) is 17.0. The summed E-state index contributed by atoms with van der Waals surface area (Å²) in [4.78, 5) is 26.5. The number of carbonyl (C=O) groups is 2. The number of aryl methyl sites for hydroxylation is 2. The second-order valence-corrected chi connectivity index (χ2v) is 7.95. The van der Waals surface area contributed by atoms with Crippen molar-refractivity contribution >= 4 is 28.2 Å². The number of esters is 1. The maximum atomic E-state index is 13.0. The van der Waals surface area contributed by atoms with Crippen molar-refractivity contribution in [1.29, 1.82) is 0 Å². The largest absolute Gasteiger partial charge is 0.462 e. The van der Waals surface area contributed by atoms with Crippen molar-refractivity contribution in [3.8, 4) is 0 Å². The molecule has 0 radical (unpaired) electrons. The fourth-order valence-electron chi connectivity index (χ4n) is 3.65. The highest BCUT2D eigenvalue weighted by Crippen LogP contribution is 2.36. The first-order chi connectivity index (χ1) is 13.0. The maximum absolute atomic E-state index is 13.0. The Labute approximate surface area is 163 Å². The van der Waals surface area contributed by atoms with Gasteiger partial charge in [-0.15, -0.1) is 11.3 Å². The number of nitrogens with one attached hydrogen (secondary N) is 2. The Hall–Kier alpha value is -2.19. The number of nitrogens with zero attached hydrogens (tertiary/aromatic N) is 2. The van der Waals surface area contributed by atoms with Crippen LogP contribution in [0.4, 0.5) is 5.00 Å². The third-order valence-electron chi connectivity index (χ3n) is 4.98. The number of thiophene rings is 1. The number of ether oxygens (including phenoxy) is 1. The van der Waals surface area contributed by atoms with Crippen LogP contribution in [0.15, 0.2) is 12.4 Å². The zero-order valence-electron chi connectivity index (χ0n) is 16.2. The van der Waals surface area contributed by atoms with Gasteiger partial charge in [-0.25, -0.2) is 4.79 Å². The number of hydrogen-bond acceptors (Lipinski definition) is 6. The fraction of sp³-hybridized carbons (Fsp3) is 0.526. The summed E-state index contributed by atoms with van der Waals surface area (Å²) in [6.07, 6.45) is 4.48. The van der Waals surface area contributed by atoms with E-state index >= 15 is 0 Å². The molecular formula is C19H26N4O3S. The molecule has 1 amide bonds. The molecule has 1 aliphatic rings. The molecule has 7 nitrogen and oxygen atoms in total. The molecule has 0 aliphatic carbocycles. The lowest BCUT2D eigenvalue weighted by molar-refractivity contribution is -0.119. The summed E-state index contributed by atoms with van der Waals surface area (Å²) < 4.78 is 6.97. The molecule has 8 heteroatoms. The molecule has 3 rings (SSSR count). The summed E-state index contributed by atoms with van der Waals surface area (Å²) in [7, 11) is 1.87. The summed E-state index contributed by atoms with van der Waals surface area (Å²) in [5, 5.41) is 11.1. The van der Waals surface area contributed by atoms with Crippen LogP contribution in [-0.4, -0.2) is 41.4 Å². The molecule has 0 spiro atoms. The monoisotopic (exact) mass is 390 g/mol. The van der Waals surface area contributed by atoms with Crippen LogP contribution in [0.3, 0.4) is 0 Å². The Balaban J connectivity index is 1.84. The molecule has 2 atom stereocenters. The molecule has 146 valence electrons. The predicted molar refractivity (Wildman–Crippen MR) is 105 cm³/mol. The van der Waals surface area contributed by atoms with Crippen molar-refractivity contribution in [2.75, 3.05) is 25.0 Å². The van der Waals surface area contributed by atoms with E-state index in [-0.39, 0.29) is 23.7 Å². The van der Waals surface area contributed by atoms with Crippen molar-refractivity contribution in [3.05, 3.63) is 34.0 Å². The van der Waals surface area contributed by atoms with Gasteiger partial charge in [-0.2, -0.15) is 5.10 Å². The molecule has 3 heterocycles. The second kappa shape index (κ2) is 8.22. The van der Waals surface area contributed by atoms with E-state index in [4.69, 9.17) is 4.74 Å². The summed E-state index contributed by atoms with van der Waals surface area (Å²) >= 11 is 1.44. The number of aromatic nitrogens is 2. The molecule has 0 aromatic carbocycles. The average Bonchev–Trinajstić information content (AvgIpc) is 3.33. The van der Waals surface area contributed by atoms with Crippen LogP contribution < -0.4 is 10.6 Å². The van der Waals surface area contributed by atoms with Gasteiger partial charge >= 0.3 is 5.97 Å². The number of carbonyl (C=O) groups excluding carboxylic acids is 2. The molecule has 2 aromatic heterocycles. The van der Waals surface area contributed by atoms with Crippen molar-refractivity contribution in [2.45, 2.75) is 33.1 Å².